The average molecular weight is 326 g/mol. The van der Waals surface area contributed by atoms with Gasteiger partial charge in [0.1, 0.15) is 5.69 Å². The Kier molecular flexibility index (Phi) is 6.00. The van der Waals surface area contributed by atoms with E-state index in [1.807, 2.05) is 36.4 Å². The second-order valence-corrected chi connectivity index (χ2v) is 4.88. The van der Waals surface area contributed by atoms with E-state index in [0.717, 1.165) is 21.8 Å². The first-order chi connectivity index (χ1) is 11.2. The molecular weight excluding hydrogens is 314 g/mol. The standard InChI is InChI=1S/C16H12ClN3.CO2/c17-15-8-6-14(7-9-15)13-4-1-12(2-5-13)3-10-16-11-18-20-19-16;2-1-3/h1-11H,(H,18,19,20);. The van der Waals surface area contributed by atoms with Crippen molar-refractivity contribution in [1.82, 2.24) is 15.4 Å². The van der Waals surface area contributed by atoms with Crippen LogP contribution in [0, 0.1) is 0 Å². The van der Waals surface area contributed by atoms with Gasteiger partial charge in [0.15, 0.2) is 0 Å². The molecule has 6 heteroatoms. The van der Waals surface area contributed by atoms with Gasteiger partial charge >= 0.3 is 6.15 Å². The molecule has 0 bridgehead atoms. The van der Waals surface area contributed by atoms with Crippen LogP contribution < -0.4 is 0 Å². The van der Waals surface area contributed by atoms with Gasteiger partial charge in [0.25, 0.3) is 0 Å². The molecule has 0 aliphatic rings. The van der Waals surface area contributed by atoms with E-state index in [1.54, 1.807) is 6.20 Å². The van der Waals surface area contributed by atoms with Gasteiger partial charge < -0.3 is 0 Å². The summed E-state index contributed by atoms with van der Waals surface area (Å²) in [5.74, 6) is 0. The second kappa shape index (κ2) is 8.44. The number of benzene rings is 2. The maximum atomic E-state index is 8.12. The highest BCUT2D eigenvalue weighted by Crippen LogP contribution is 2.22. The van der Waals surface area contributed by atoms with Crippen LogP contribution in [-0.4, -0.2) is 21.6 Å². The van der Waals surface area contributed by atoms with E-state index in [4.69, 9.17) is 21.2 Å². The highest BCUT2D eigenvalue weighted by atomic mass is 35.5. The molecule has 0 radical (unpaired) electrons. The predicted molar refractivity (Wildman–Crippen MR) is 87.2 cm³/mol. The van der Waals surface area contributed by atoms with Gasteiger partial charge in [-0.25, -0.2) is 0 Å². The van der Waals surface area contributed by atoms with Gasteiger partial charge in [-0.2, -0.15) is 25.0 Å². The molecule has 3 rings (SSSR count). The minimum atomic E-state index is 0.250. The zero-order valence-electron chi connectivity index (χ0n) is 11.9. The Morgan fingerprint density at radius 3 is 2.00 bits per heavy atom. The number of hydrogen-bond acceptors (Lipinski definition) is 4. The second-order valence-electron chi connectivity index (χ2n) is 4.44. The summed E-state index contributed by atoms with van der Waals surface area (Å²) in [5, 5.41) is 11.1. The number of aromatic nitrogens is 3. The van der Waals surface area contributed by atoms with Gasteiger partial charge in [-0.15, -0.1) is 0 Å². The van der Waals surface area contributed by atoms with Crippen LogP contribution in [0.25, 0.3) is 23.3 Å². The van der Waals surface area contributed by atoms with Crippen molar-refractivity contribution in [3.8, 4) is 11.1 Å². The van der Waals surface area contributed by atoms with E-state index in [2.05, 4.69) is 39.7 Å². The maximum Gasteiger partial charge on any atom is 0.373 e. The topological polar surface area (TPSA) is 75.7 Å². The molecule has 1 N–H and O–H groups in total. The van der Waals surface area contributed by atoms with Crippen molar-refractivity contribution in [3.05, 3.63) is 71.0 Å². The first kappa shape index (κ1) is 16.4. The summed E-state index contributed by atoms with van der Waals surface area (Å²) in [4.78, 5) is 16.2. The largest absolute Gasteiger partial charge is 0.373 e. The number of aromatic amines is 1. The number of carbonyl (C=O) groups excluding carboxylic acids is 2. The maximum absolute atomic E-state index is 8.12. The fourth-order valence-corrected chi connectivity index (χ4v) is 2.03. The third-order valence-electron chi connectivity index (χ3n) is 2.97. The summed E-state index contributed by atoms with van der Waals surface area (Å²) in [6.07, 6.45) is 5.85. The highest BCUT2D eigenvalue weighted by Gasteiger charge is 1.97. The van der Waals surface area contributed by atoms with Gasteiger partial charge in [0, 0.05) is 5.02 Å². The van der Waals surface area contributed by atoms with Crippen molar-refractivity contribution in [2.24, 2.45) is 0 Å². The Bertz CT molecular complexity index is 789. The summed E-state index contributed by atoms with van der Waals surface area (Å²) < 4.78 is 0. The van der Waals surface area contributed by atoms with E-state index >= 15 is 0 Å². The molecule has 1 heterocycles. The molecule has 114 valence electrons. The van der Waals surface area contributed by atoms with Gasteiger partial charge in [-0.05, 0) is 34.9 Å². The Labute approximate surface area is 137 Å². The van der Waals surface area contributed by atoms with Crippen LogP contribution in [0.15, 0.2) is 54.7 Å². The van der Waals surface area contributed by atoms with Crippen molar-refractivity contribution < 1.29 is 9.59 Å². The summed E-state index contributed by atoms with van der Waals surface area (Å²) in [6.45, 7) is 0. The van der Waals surface area contributed by atoms with Crippen molar-refractivity contribution in [1.29, 1.82) is 0 Å². The monoisotopic (exact) mass is 325 g/mol. The molecule has 0 atom stereocenters. The van der Waals surface area contributed by atoms with Gasteiger partial charge in [-0.1, -0.05) is 54.1 Å². The van der Waals surface area contributed by atoms with Crippen molar-refractivity contribution in [2.45, 2.75) is 0 Å². The van der Waals surface area contributed by atoms with E-state index in [9.17, 15) is 0 Å². The van der Waals surface area contributed by atoms with Crippen LogP contribution in [-0.2, 0) is 9.59 Å². The lowest BCUT2D eigenvalue weighted by atomic mass is 10.0. The Morgan fingerprint density at radius 1 is 0.913 bits per heavy atom. The number of nitrogens with one attached hydrogen (secondary N) is 1. The van der Waals surface area contributed by atoms with Crippen LogP contribution in [0.4, 0.5) is 0 Å². The molecule has 0 saturated heterocycles. The fraction of sp³-hybridized carbons (Fsp3) is 0. The van der Waals surface area contributed by atoms with Gasteiger partial charge in [0.05, 0.1) is 6.20 Å². The van der Waals surface area contributed by atoms with Crippen LogP contribution >= 0.6 is 11.6 Å². The van der Waals surface area contributed by atoms with Crippen LogP contribution in [0.1, 0.15) is 11.3 Å². The molecule has 0 aliphatic carbocycles. The van der Waals surface area contributed by atoms with E-state index in [-0.39, 0.29) is 6.15 Å². The van der Waals surface area contributed by atoms with Crippen molar-refractivity contribution in [2.75, 3.05) is 0 Å². The molecule has 0 spiro atoms. The van der Waals surface area contributed by atoms with Crippen LogP contribution in [0.2, 0.25) is 5.02 Å². The minimum Gasteiger partial charge on any atom is -0.197 e. The van der Waals surface area contributed by atoms with Crippen molar-refractivity contribution >= 4 is 29.9 Å². The van der Waals surface area contributed by atoms with Crippen LogP contribution in [0.3, 0.4) is 0 Å². The molecule has 0 aliphatic heterocycles. The van der Waals surface area contributed by atoms with Crippen LogP contribution in [0.5, 0.6) is 0 Å². The highest BCUT2D eigenvalue weighted by molar-refractivity contribution is 6.30. The lowest BCUT2D eigenvalue weighted by Gasteiger charge is -2.02. The molecule has 1 aromatic heterocycles. The smallest absolute Gasteiger partial charge is 0.197 e. The van der Waals surface area contributed by atoms with Crippen molar-refractivity contribution in [3.63, 3.8) is 0 Å². The lowest BCUT2D eigenvalue weighted by molar-refractivity contribution is -0.191. The number of nitrogens with zero attached hydrogens (tertiary/aromatic N) is 2. The van der Waals surface area contributed by atoms with E-state index in [1.165, 1.54) is 5.56 Å². The Hall–Kier alpha value is -3.01. The molecule has 0 fully saturated rings. The molecule has 0 unspecified atom stereocenters. The molecule has 5 nitrogen and oxygen atoms in total. The Morgan fingerprint density at radius 2 is 1.48 bits per heavy atom. The van der Waals surface area contributed by atoms with Gasteiger partial charge in [-0.3, -0.25) is 0 Å². The quantitative estimate of drug-likeness (QED) is 0.796. The lowest BCUT2D eigenvalue weighted by Crippen LogP contribution is -1.78. The summed E-state index contributed by atoms with van der Waals surface area (Å²) in [7, 11) is 0. The number of halogens is 1. The third kappa shape index (κ3) is 5.04. The van der Waals surface area contributed by atoms with E-state index in [0.29, 0.717) is 0 Å². The van der Waals surface area contributed by atoms with E-state index < -0.39 is 0 Å². The summed E-state index contributed by atoms with van der Waals surface area (Å²) in [5.41, 5.74) is 4.25. The molecule has 0 saturated carbocycles. The molecule has 3 aromatic rings. The zero-order chi connectivity index (χ0) is 16.5. The molecule has 2 aromatic carbocycles. The number of hydrogen-bond donors (Lipinski definition) is 1. The summed E-state index contributed by atoms with van der Waals surface area (Å²) in [6, 6.07) is 16.1. The molecule has 23 heavy (non-hydrogen) atoms. The number of H-pyrrole nitrogens is 1. The zero-order valence-corrected chi connectivity index (χ0v) is 12.7. The first-order valence-corrected chi connectivity index (χ1v) is 7.00. The minimum absolute atomic E-state index is 0.250. The fourth-order valence-electron chi connectivity index (χ4n) is 1.90. The Balaban J connectivity index is 0.000000595. The average Bonchev–Trinajstić information content (AvgIpc) is 3.08. The third-order valence-corrected chi connectivity index (χ3v) is 3.22. The van der Waals surface area contributed by atoms with Gasteiger partial charge in [0.2, 0.25) is 0 Å². The first-order valence-electron chi connectivity index (χ1n) is 6.62. The predicted octanol–water partition coefficient (Wildman–Crippen LogP) is 3.71. The molecular formula is C17H12ClN3O2. The SMILES string of the molecule is Clc1ccc(-c2ccc(C=Cc3cn[nH]n3)cc2)cc1.O=C=O. The number of rotatable bonds is 3. The molecule has 0 amide bonds. The normalized spacial score (nSPS) is 9.96. The summed E-state index contributed by atoms with van der Waals surface area (Å²) >= 11 is 5.89.